The second-order valence-corrected chi connectivity index (χ2v) is 10.5. The molecule has 0 saturated heterocycles. The zero-order chi connectivity index (χ0) is 29.7. The van der Waals surface area contributed by atoms with Crippen molar-refractivity contribution in [2.75, 3.05) is 24.9 Å². The Morgan fingerprint density at radius 1 is 1.02 bits per heavy atom. The number of methoxy groups -OCH3 is 1. The number of ether oxygens (including phenoxy) is 1. The van der Waals surface area contributed by atoms with Gasteiger partial charge in [-0.3, -0.25) is 14.2 Å². The fourth-order valence-corrected chi connectivity index (χ4v) is 5.55. The van der Waals surface area contributed by atoms with E-state index in [1.807, 2.05) is 0 Å². The van der Waals surface area contributed by atoms with Gasteiger partial charge in [-0.2, -0.15) is 18.2 Å². The third-order valence-electron chi connectivity index (χ3n) is 6.43. The highest BCUT2D eigenvalue weighted by Crippen LogP contribution is 2.61. The van der Waals surface area contributed by atoms with E-state index in [-0.39, 0.29) is 41.5 Å². The number of carbonyl (C=O) groups is 1. The second-order valence-electron chi connectivity index (χ2n) is 8.58. The van der Waals surface area contributed by atoms with Gasteiger partial charge >= 0.3 is 13.8 Å². The van der Waals surface area contributed by atoms with Crippen molar-refractivity contribution in [3.63, 3.8) is 0 Å². The first-order valence-electron chi connectivity index (χ1n) is 12.0. The van der Waals surface area contributed by atoms with E-state index in [1.54, 1.807) is 13.8 Å². The van der Waals surface area contributed by atoms with Crippen molar-refractivity contribution in [1.82, 2.24) is 15.4 Å². The Balaban J connectivity index is 2.04. The topological polar surface area (TPSA) is 155 Å². The van der Waals surface area contributed by atoms with Gasteiger partial charge < -0.3 is 25.2 Å². The van der Waals surface area contributed by atoms with Crippen LogP contribution in [0.2, 0.25) is 0 Å². The number of carbonyl (C=O) groups excluding carboxylic acids is 1. The molecule has 2 aromatic carbocycles. The highest BCUT2D eigenvalue weighted by Gasteiger charge is 2.45. The minimum absolute atomic E-state index is 0.00300. The van der Waals surface area contributed by atoms with E-state index in [2.05, 4.69) is 30.9 Å². The third-order valence-corrected chi connectivity index (χ3v) is 8.43. The molecule has 0 spiro atoms. The molecule has 11 nitrogen and oxygen atoms in total. The Hall–Kier alpha value is -3.71. The first kappa shape index (κ1) is 30.8. The molecule has 3 rings (SSSR count). The summed E-state index contributed by atoms with van der Waals surface area (Å²) in [4.78, 5) is 44.9. The number of nitrogens with zero attached hydrogens (tertiary/aromatic N) is 2. The number of hydroxylamine groups is 1. The summed E-state index contributed by atoms with van der Waals surface area (Å²) >= 11 is 0. The lowest BCUT2D eigenvalue weighted by Crippen LogP contribution is -2.24. The number of hydrogen-bond donors (Lipinski definition) is 5. The van der Waals surface area contributed by atoms with Gasteiger partial charge in [-0.1, -0.05) is 32.0 Å². The molecule has 0 saturated carbocycles. The molecule has 15 heteroatoms. The molecule has 40 heavy (non-hydrogen) atoms. The van der Waals surface area contributed by atoms with Gasteiger partial charge in [0.05, 0.1) is 36.3 Å². The van der Waals surface area contributed by atoms with Crippen LogP contribution in [0.5, 0.6) is 5.75 Å². The lowest BCUT2D eigenvalue weighted by atomic mass is 9.92. The number of alkyl halides is 3. The van der Waals surface area contributed by atoms with Crippen molar-refractivity contribution in [3.8, 4) is 5.75 Å². The SMILES string of the molecule is CCC(CC)(c1ccc(Nc2ncc(C(F)(F)F)c(Nc3ccccc3C(=O)NOC)n2)c(OC)c1)P(=O)(O)O. The molecule has 0 fully saturated rings. The average Bonchev–Trinajstić information content (AvgIpc) is 2.89. The predicted octanol–water partition coefficient (Wildman–Crippen LogP) is 5.48. The number of halogens is 3. The Morgan fingerprint density at radius 2 is 1.70 bits per heavy atom. The molecule has 216 valence electrons. The summed E-state index contributed by atoms with van der Waals surface area (Å²) in [5.74, 6) is -1.40. The van der Waals surface area contributed by atoms with E-state index in [0.717, 1.165) is 0 Å². The van der Waals surface area contributed by atoms with E-state index in [0.29, 0.717) is 11.8 Å². The molecule has 1 aromatic heterocycles. The lowest BCUT2D eigenvalue weighted by molar-refractivity contribution is -0.137. The number of hydrogen-bond acceptors (Lipinski definition) is 8. The maximum atomic E-state index is 13.8. The van der Waals surface area contributed by atoms with Crippen LogP contribution in [0.15, 0.2) is 48.7 Å². The summed E-state index contributed by atoms with van der Waals surface area (Å²) in [6, 6.07) is 10.3. The molecule has 5 N–H and O–H groups in total. The fourth-order valence-electron chi connectivity index (χ4n) is 4.25. The van der Waals surface area contributed by atoms with E-state index in [4.69, 9.17) is 4.74 Å². The minimum atomic E-state index is -4.82. The van der Waals surface area contributed by atoms with Gasteiger partial charge in [-0.15, -0.1) is 0 Å². The largest absolute Gasteiger partial charge is 0.495 e. The summed E-state index contributed by atoms with van der Waals surface area (Å²) in [7, 11) is -2.01. The monoisotopic (exact) mass is 583 g/mol. The predicted molar refractivity (Wildman–Crippen MR) is 142 cm³/mol. The molecule has 0 aliphatic heterocycles. The molecule has 0 atom stereocenters. The van der Waals surface area contributed by atoms with Gasteiger partial charge in [0.15, 0.2) is 0 Å². The zero-order valence-electron chi connectivity index (χ0n) is 22.0. The van der Waals surface area contributed by atoms with Gasteiger partial charge in [0.1, 0.15) is 17.1 Å². The Morgan fingerprint density at radius 3 is 2.27 bits per heavy atom. The third kappa shape index (κ3) is 6.36. The van der Waals surface area contributed by atoms with Crippen molar-refractivity contribution in [1.29, 1.82) is 0 Å². The summed E-state index contributed by atoms with van der Waals surface area (Å²) in [6.45, 7) is 3.34. The van der Waals surface area contributed by atoms with Crippen LogP contribution >= 0.6 is 7.60 Å². The molecule has 1 heterocycles. The fraction of sp³-hybridized carbons (Fsp3) is 0.320. The van der Waals surface area contributed by atoms with Crippen LogP contribution in [0.4, 0.5) is 36.3 Å². The van der Waals surface area contributed by atoms with Crippen LogP contribution in [-0.4, -0.2) is 39.9 Å². The number of para-hydroxylation sites is 1. The lowest BCUT2D eigenvalue weighted by Gasteiger charge is -2.33. The van der Waals surface area contributed by atoms with Crippen LogP contribution in [0, 0.1) is 0 Å². The van der Waals surface area contributed by atoms with Gasteiger partial charge in [0.25, 0.3) is 5.91 Å². The van der Waals surface area contributed by atoms with Gasteiger partial charge in [0.2, 0.25) is 5.95 Å². The van der Waals surface area contributed by atoms with Crippen molar-refractivity contribution in [2.45, 2.75) is 38.0 Å². The number of benzene rings is 2. The Kier molecular flexibility index (Phi) is 9.41. The van der Waals surface area contributed by atoms with Crippen LogP contribution in [0.1, 0.15) is 48.2 Å². The summed E-state index contributed by atoms with van der Waals surface area (Å²) in [6.07, 6.45) is -3.92. The molecule has 3 aromatic rings. The van der Waals surface area contributed by atoms with Crippen LogP contribution in [0.25, 0.3) is 0 Å². The quantitative estimate of drug-likeness (QED) is 0.145. The zero-order valence-corrected chi connectivity index (χ0v) is 22.9. The van der Waals surface area contributed by atoms with Crippen molar-refractivity contribution >= 4 is 36.6 Å². The maximum Gasteiger partial charge on any atom is 0.421 e. The Labute approximate surface area is 228 Å². The van der Waals surface area contributed by atoms with Gasteiger partial charge in [-0.05, 0) is 42.7 Å². The van der Waals surface area contributed by atoms with E-state index < -0.39 is 36.2 Å². The standard InChI is InChI=1S/C25H29F3N5O6P/c1-5-24(6-2,40(35,36)37)15-11-12-19(20(13-15)38-3)31-23-29-14-17(25(26,27)28)21(32-23)30-18-10-8-7-9-16(18)22(34)33-39-4/h7-14H,5-6H2,1-4H3,(H,33,34)(H2,35,36,37)(H2,29,30,31,32). The smallest absolute Gasteiger partial charge is 0.421 e. The first-order valence-corrected chi connectivity index (χ1v) is 13.6. The Bertz CT molecular complexity index is 1410. The molecule has 1 amide bonds. The van der Waals surface area contributed by atoms with E-state index in [9.17, 15) is 32.3 Å². The average molecular weight is 584 g/mol. The minimum Gasteiger partial charge on any atom is -0.495 e. The number of aromatic nitrogens is 2. The van der Waals surface area contributed by atoms with Crippen molar-refractivity contribution in [3.05, 3.63) is 65.4 Å². The summed E-state index contributed by atoms with van der Waals surface area (Å²) in [5.41, 5.74) is 1.55. The van der Waals surface area contributed by atoms with Gasteiger partial charge in [0, 0.05) is 6.20 Å². The maximum absolute atomic E-state index is 13.8. The molecular formula is C25H29F3N5O6P. The molecule has 0 bridgehead atoms. The summed E-state index contributed by atoms with van der Waals surface area (Å²) in [5, 5.41) is 3.91. The molecule has 0 aliphatic carbocycles. The van der Waals surface area contributed by atoms with E-state index in [1.165, 1.54) is 56.7 Å². The van der Waals surface area contributed by atoms with Crippen molar-refractivity contribution < 1.29 is 41.9 Å². The molecule has 0 unspecified atom stereocenters. The summed E-state index contributed by atoms with van der Waals surface area (Å²) < 4.78 is 59.2. The van der Waals surface area contributed by atoms with Crippen LogP contribution in [0.3, 0.4) is 0 Å². The highest BCUT2D eigenvalue weighted by molar-refractivity contribution is 7.53. The normalized spacial score (nSPS) is 12.1. The molecule has 0 radical (unpaired) electrons. The second kappa shape index (κ2) is 12.2. The number of nitrogens with one attached hydrogen (secondary N) is 3. The number of rotatable bonds is 11. The molecular weight excluding hydrogens is 554 g/mol. The number of amides is 1. The highest BCUT2D eigenvalue weighted by atomic mass is 31.2. The van der Waals surface area contributed by atoms with Gasteiger partial charge in [-0.25, -0.2) is 10.5 Å². The van der Waals surface area contributed by atoms with Crippen LogP contribution in [-0.2, 0) is 20.7 Å². The molecule has 0 aliphatic rings. The first-order chi connectivity index (χ1) is 18.8. The van der Waals surface area contributed by atoms with Crippen LogP contribution < -0.4 is 20.9 Å². The number of anilines is 4. The van der Waals surface area contributed by atoms with E-state index >= 15 is 0 Å². The van der Waals surface area contributed by atoms with Crippen molar-refractivity contribution in [2.24, 2.45) is 0 Å².